The topological polar surface area (TPSA) is 42.7 Å². The van der Waals surface area contributed by atoms with Gasteiger partial charge < -0.3 is 5.32 Å². The quantitative estimate of drug-likeness (QED) is 0.809. The zero-order valence-corrected chi connectivity index (χ0v) is 9.11. The molecule has 86 valence electrons. The van der Waals surface area contributed by atoms with Crippen LogP contribution < -0.4 is 5.32 Å². The Bertz CT molecular complexity index is 298. The molecule has 0 radical (unpaired) electrons. The second kappa shape index (κ2) is 5.16. The lowest BCUT2D eigenvalue weighted by Gasteiger charge is -2.16. The molecule has 0 fully saturated rings. The van der Waals surface area contributed by atoms with Gasteiger partial charge in [0.15, 0.2) is 0 Å². The predicted molar refractivity (Wildman–Crippen MR) is 53.0 cm³/mol. The Morgan fingerprint density at radius 3 is 2.60 bits per heavy atom. The van der Waals surface area contributed by atoms with Gasteiger partial charge in [0.25, 0.3) is 6.43 Å². The van der Waals surface area contributed by atoms with Crippen molar-refractivity contribution in [2.75, 3.05) is 7.05 Å². The summed E-state index contributed by atoms with van der Waals surface area (Å²) in [7, 11) is 1.52. The van der Waals surface area contributed by atoms with Crippen molar-refractivity contribution in [2.24, 2.45) is 0 Å². The molecule has 6 heteroatoms. The van der Waals surface area contributed by atoms with E-state index in [2.05, 4.69) is 15.4 Å². The molecule has 1 aromatic rings. The molecule has 0 aliphatic rings. The van der Waals surface area contributed by atoms with Gasteiger partial charge in [0.2, 0.25) is 0 Å². The molecule has 0 spiro atoms. The molecule has 4 nitrogen and oxygen atoms in total. The highest BCUT2D eigenvalue weighted by Crippen LogP contribution is 2.10. The molecule has 0 saturated carbocycles. The second-order valence-corrected chi connectivity index (χ2v) is 3.65. The normalized spacial score (nSPS) is 13.8. The lowest BCUT2D eigenvalue weighted by Crippen LogP contribution is -2.35. The highest BCUT2D eigenvalue weighted by Gasteiger charge is 2.21. The smallest absolute Gasteiger partial charge is 0.254 e. The standard InChI is InChI=1S/C9H16F2N4/c1-6(2)15-8(13-5-14-15)4-7(12-3)9(10)11/h5-7,9,12H,4H2,1-3H3. The highest BCUT2D eigenvalue weighted by molar-refractivity contribution is 4.91. The van der Waals surface area contributed by atoms with Crippen molar-refractivity contribution in [2.45, 2.75) is 38.8 Å². The Kier molecular flexibility index (Phi) is 4.14. The monoisotopic (exact) mass is 218 g/mol. The van der Waals surface area contributed by atoms with E-state index in [0.717, 1.165) is 0 Å². The minimum absolute atomic E-state index is 0.137. The van der Waals surface area contributed by atoms with Gasteiger partial charge in [-0.3, -0.25) is 0 Å². The number of alkyl halides is 2. The van der Waals surface area contributed by atoms with E-state index < -0.39 is 12.5 Å². The van der Waals surface area contributed by atoms with E-state index in [1.807, 2.05) is 13.8 Å². The average molecular weight is 218 g/mol. The maximum absolute atomic E-state index is 12.5. The van der Waals surface area contributed by atoms with E-state index in [0.29, 0.717) is 5.82 Å². The molecule has 0 aromatic carbocycles. The third-order valence-corrected chi connectivity index (χ3v) is 2.21. The molecule has 0 aliphatic carbocycles. The van der Waals surface area contributed by atoms with Crippen molar-refractivity contribution >= 4 is 0 Å². The summed E-state index contributed by atoms with van der Waals surface area (Å²) in [5.74, 6) is 0.588. The number of nitrogens with one attached hydrogen (secondary N) is 1. The molecule has 0 saturated heterocycles. The van der Waals surface area contributed by atoms with Gasteiger partial charge in [-0.25, -0.2) is 18.4 Å². The van der Waals surface area contributed by atoms with Crippen molar-refractivity contribution < 1.29 is 8.78 Å². The van der Waals surface area contributed by atoms with Crippen LogP contribution in [-0.4, -0.2) is 34.3 Å². The van der Waals surface area contributed by atoms with Crippen LogP contribution in [0.15, 0.2) is 6.33 Å². The lowest BCUT2D eigenvalue weighted by atomic mass is 10.2. The zero-order chi connectivity index (χ0) is 11.4. The predicted octanol–water partition coefficient (Wildman–Crippen LogP) is 1.25. The summed E-state index contributed by atoms with van der Waals surface area (Å²) < 4.78 is 26.7. The van der Waals surface area contributed by atoms with Gasteiger partial charge >= 0.3 is 0 Å². The van der Waals surface area contributed by atoms with Gasteiger partial charge in [0.1, 0.15) is 12.2 Å². The van der Waals surface area contributed by atoms with E-state index >= 15 is 0 Å². The second-order valence-electron chi connectivity index (χ2n) is 3.65. The summed E-state index contributed by atoms with van der Waals surface area (Å²) in [6.45, 7) is 3.88. The number of rotatable bonds is 5. The Balaban J connectivity index is 2.74. The molecular formula is C9H16F2N4. The SMILES string of the molecule is CNC(Cc1ncnn1C(C)C)C(F)F. The van der Waals surface area contributed by atoms with Crippen LogP contribution in [0.5, 0.6) is 0 Å². The Morgan fingerprint density at radius 1 is 1.47 bits per heavy atom. The average Bonchev–Trinajstić information content (AvgIpc) is 2.61. The summed E-state index contributed by atoms with van der Waals surface area (Å²) in [6, 6.07) is -0.732. The van der Waals surface area contributed by atoms with E-state index in [1.54, 1.807) is 4.68 Å². The van der Waals surface area contributed by atoms with Gasteiger partial charge in [-0.1, -0.05) is 0 Å². The minimum Gasteiger partial charge on any atom is -0.312 e. The number of aromatic nitrogens is 3. The number of halogens is 2. The molecule has 15 heavy (non-hydrogen) atoms. The fourth-order valence-electron chi connectivity index (χ4n) is 1.37. The summed E-state index contributed by atoms with van der Waals surface area (Å²) in [6.07, 6.45) is -0.813. The summed E-state index contributed by atoms with van der Waals surface area (Å²) in [5, 5.41) is 6.57. The van der Waals surface area contributed by atoms with E-state index in [1.165, 1.54) is 13.4 Å². The van der Waals surface area contributed by atoms with Crippen molar-refractivity contribution in [3.05, 3.63) is 12.2 Å². The van der Waals surface area contributed by atoms with Gasteiger partial charge in [0.05, 0.1) is 6.04 Å². The first-order valence-corrected chi connectivity index (χ1v) is 4.90. The van der Waals surface area contributed by atoms with Crippen LogP contribution >= 0.6 is 0 Å². The molecule has 0 aliphatic heterocycles. The maximum Gasteiger partial charge on any atom is 0.254 e. The van der Waals surface area contributed by atoms with E-state index in [9.17, 15) is 8.78 Å². The number of nitrogens with zero attached hydrogens (tertiary/aromatic N) is 3. The third kappa shape index (κ3) is 2.95. The van der Waals surface area contributed by atoms with Gasteiger partial charge in [0, 0.05) is 12.5 Å². The van der Waals surface area contributed by atoms with Crippen LogP contribution in [0.4, 0.5) is 8.78 Å². The zero-order valence-electron chi connectivity index (χ0n) is 9.11. The Morgan fingerprint density at radius 2 is 2.13 bits per heavy atom. The van der Waals surface area contributed by atoms with Crippen LogP contribution in [-0.2, 0) is 6.42 Å². The molecular weight excluding hydrogens is 202 g/mol. The lowest BCUT2D eigenvalue weighted by molar-refractivity contribution is 0.100. The van der Waals surface area contributed by atoms with Crippen molar-refractivity contribution in [3.63, 3.8) is 0 Å². The molecule has 1 N–H and O–H groups in total. The van der Waals surface area contributed by atoms with Crippen LogP contribution in [0.25, 0.3) is 0 Å². The molecule has 1 rings (SSSR count). The molecule has 1 aromatic heterocycles. The molecule has 1 unspecified atom stereocenters. The van der Waals surface area contributed by atoms with Crippen LogP contribution in [0, 0.1) is 0 Å². The fraction of sp³-hybridized carbons (Fsp3) is 0.778. The van der Waals surface area contributed by atoms with Crippen LogP contribution in [0.1, 0.15) is 25.7 Å². The first kappa shape index (κ1) is 12.0. The molecule has 1 heterocycles. The molecule has 0 amide bonds. The third-order valence-electron chi connectivity index (χ3n) is 2.21. The largest absolute Gasteiger partial charge is 0.312 e. The first-order valence-electron chi connectivity index (χ1n) is 4.90. The first-order chi connectivity index (χ1) is 7.06. The number of hydrogen-bond donors (Lipinski definition) is 1. The van der Waals surface area contributed by atoms with Crippen LogP contribution in [0.3, 0.4) is 0 Å². The Labute approximate surface area is 87.7 Å². The fourth-order valence-corrected chi connectivity index (χ4v) is 1.37. The van der Waals surface area contributed by atoms with E-state index in [-0.39, 0.29) is 12.5 Å². The Hall–Kier alpha value is -1.04. The van der Waals surface area contributed by atoms with Gasteiger partial charge in [-0.15, -0.1) is 0 Å². The van der Waals surface area contributed by atoms with E-state index in [4.69, 9.17) is 0 Å². The van der Waals surface area contributed by atoms with Crippen molar-refractivity contribution in [1.29, 1.82) is 0 Å². The highest BCUT2D eigenvalue weighted by atomic mass is 19.3. The van der Waals surface area contributed by atoms with Gasteiger partial charge in [-0.05, 0) is 20.9 Å². The summed E-state index contributed by atoms with van der Waals surface area (Å²) >= 11 is 0. The van der Waals surface area contributed by atoms with Crippen molar-refractivity contribution in [1.82, 2.24) is 20.1 Å². The number of hydrogen-bond acceptors (Lipinski definition) is 3. The minimum atomic E-state index is -2.40. The maximum atomic E-state index is 12.5. The molecule has 1 atom stereocenters. The van der Waals surface area contributed by atoms with Crippen LogP contribution in [0.2, 0.25) is 0 Å². The summed E-state index contributed by atoms with van der Waals surface area (Å²) in [5.41, 5.74) is 0. The van der Waals surface area contributed by atoms with Gasteiger partial charge in [-0.2, -0.15) is 5.10 Å². The molecule has 0 bridgehead atoms. The van der Waals surface area contributed by atoms with Crippen molar-refractivity contribution in [3.8, 4) is 0 Å². The summed E-state index contributed by atoms with van der Waals surface area (Å²) in [4.78, 5) is 3.99. The number of likely N-dealkylation sites (N-methyl/N-ethyl adjacent to an activating group) is 1.